The van der Waals surface area contributed by atoms with E-state index < -0.39 is 55.9 Å². The number of rotatable bonds is 41. The number of carbonyl (C=O) groups excluding carboxylic acids is 2. The van der Waals surface area contributed by atoms with Gasteiger partial charge in [-0.25, -0.2) is 0 Å². The van der Waals surface area contributed by atoms with Crippen LogP contribution in [0.5, 0.6) is 0 Å². The third kappa shape index (κ3) is 21.2. The summed E-state index contributed by atoms with van der Waals surface area (Å²) in [5, 5.41) is 58.9. The highest BCUT2D eigenvalue weighted by Crippen LogP contribution is 2.43. The zero-order chi connectivity index (χ0) is 54.8. The summed E-state index contributed by atoms with van der Waals surface area (Å²) in [6.07, 6.45) is 25.4. The molecule has 1 fully saturated rings. The number of nitrogens with zero attached hydrogens (tertiary/aromatic N) is 2. The van der Waals surface area contributed by atoms with Gasteiger partial charge in [-0.15, -0.1) is 0 Å². The minimum atomic E-state index is -4.06. The number of aliphatic hydroxyl groups is 5. The first-order valence-corrected chi connectivity index (χ1v) is 30.7. The molecule has 0 spiro atoms. The normalized spacial score (nSPS) is 21.5. The van der Waals surface area contributed by atoms with Crippen molar-refractivity contribution in [2.24, 2.45) is 0 Å². The second-order valence-corrected chi connectivity index (χ2v) is 23.4. The van der Waals surface area contributed by atoms with Crippen LogP contribution in [0.2, 0.25) is 0 Å². The predicted molar refractivity (Wildman–Crippen MR) is 301 cm³/mol. The van der Waals surface area contributed by atoms with E-state index in [9.17, 15) is 35.1 Å². The monoisotopic (exact) mass is 1080 g/mol. The molecule has 3 aliphatic heterocycles. The zero-order valence-corrected chi connectivity index (χ0v) is 47.9. The molecule has 1 aromatic rings. The molecule has 1 saturated heterocycles. The number of hydrogen-bond acceptors (Lipinski definition) is 10. The van der Waals surface area contributed by atoms with E-state index >= 15 is 8.63 Å². The summed E-state index contributed by atoms with van der Waals surface area (Å²) >= 11 is 1.51. The van der Waals surface area contributed by atoms with Gasteiger partial charge in [-0.2, -0.15) is 11.8 Å². The van der Waals surface area contributed by atoms with Crippen molar-refractivity contribution in [2.45, 2.75) is 277 Å². The first-order chi connectivity index (χ1) is 36.0. The smallest absolute Gasteiger partial charge is 0.394 e. The van der Waals surface area contributed by atoms with Gasteiger partial charge in [0.25, 0.3) is 0 Å². The lowest BCUT2D eigenvalue weighted by molar-refractivity contribution is -0.363. The van der Waals surface area contributed by atoms with E-state index in [4.69, 9.17) is 9.47 Å². The van der Waals surface area contributed by atoms with Gasteiger partial charge in [0.1, 0.15) is 30.1 Å². The minimum absolute atomic E-state index is 0.142. The quantitative estimate of drug-likeness (QED) is 0.0246. The standard InChI is InChI=1S/C58H101BF2N4O9S/c1-7-8-9-10-11-12-13-14-15-16-17-18-19-20-21-22-23-24-25-26-27-28-30-33-51(68)63-48(54(69)46(6)66)40-73-58-57(72)56(71)55(70)49(74-58)41-75-37-32-29-31-36-62-50(67)35-34-47-52-42(2)38-44(4)64(52)59(60,61)65-45(5)39-43(3)53(47)65/h38-39,46,48-49,54-58,66,69-72H,7-37,40-41H2,1-6H3,(H,62,67)(H,63,68)/t46-,48+,49?,54-,55+,56?,57?,58+/m1/s1. The highest BCUT2D eigenvalue weighted by molar-refractivity contribution is 7.99. The molecule has 0 radical (unpaired) electrons. The topological polar surface area (TPSA) is 186 Å². The summed E-state index contributed by atoms with van der Waals surface area (Å²) in [6, 6.07) is 0.775. The van der Waals surface area contributed by atoms with Gasteiger partial charge in [0.15, 0.2) is 12.0 Å². The summed E-state index contributed by atoms with van der Waals surface area (Å²) in [5.74, 6) is 0.586. The third-order valence-corrected chi connectivity index (χ3v) is 16.7. The predicted octanol–water partition coefficient (Wildman–Crippen LogP) is 10.7. The molecule has 3 unspecified atom stereocenters. The molecule has 7 N–H and O–H groups in total. The van der Waals surface area contributed by atoms with E-state index in [1.165, 1.54) is 141 Å². The number of aromatic nitrogens is 1. The van der Waals surface area contributed by atoms with Crippen molar-refractivity contribution in [1.82, 2.24) is 15.1 Å². The average molecular weight is 1080 g/mol. The van der Waals surface area contributed by atoms with Crippen molar-refractivity contribution >= 4 is 41.8 Å². The second kappa shape index (κ2) is 35.1. The number of carbonyl (C=O) groups is 2. The molecular weight excluding hydrogens is 978 g/mol. The second-order valence-electron chi connectivity index (χ2n) is 22.2. The molecule has 0 aromatic carbocycles. The van der Waals surface area contributed by atoms with Crippen LogP contribution in [-0.4, -0.2) is 133 Å². The molecule has 3 aliphatic rings. The fourth-order valence-corrected chi connectivity index (χ4v) is 12.3. The molecule has 0 aliphatic carbocycles. The van der Waals surface area contributed by atoms with E-state index in [1.807, 2.05) is 13.8 Å². The Morgan fingerprint density at radius 3 is 1.83 bits per heavy atom. The maximum Gasteiger partial charge on any atom is 0.737 e. The third-order valence-electron chi connectivity index (χ3n) is 15.6. The number of unbranched alkanes of at least 4 members (excludes halogenated alkanes) is 24. The number of halogens is 2. The summed E-state index contributed by atoms with van der Waals surface area (Å²) < 4.78 is 45.8. The van der Waals surface area contributed by atoms with Gasteiger partial charge in [0.05, 0.1) is 24.9 Å². The number of nitrogens with one attached hydrogen (secondary N) is 2. The Hall–Kier alpha value is -2.64. The Kier molecular flexibility index (Phi) is 30.3. The van der Waals surface area contributed by atoms with Crippen molar-refractivity contribution in [2.75, 3.05) is 24.7 Å². The summed E-state index contributed by atoms with van der Waals surface area (Å²) in [4.78, 5) is 25.9. The van der Waals surface area contributed by atoms with Crippen molar-refractivity contribution in [1.29, 1.82) is 0 Å². The lowest BCUT2D eigenvalue weighted by atomic mass is 9.84. The molecule has 75 heavy (non-hydrogen) atoms. The van der Waals surface area contributed by atoms with E-state index in [2.05, 4.69) is 17.6 Å². The van der Waals surface area contributed by atoms with Crippen molar-refractivity contribution in [3.8, 4) is 0 Å². The molecule has 2 amide bonds. The SMILES string of the molecule is CCCCCCCCCCCCCCCCCCCCCCCCCC(=O)N[C@@H](CO[C@H]1OC(CSCCCCCNC(=O)CCC2=C3C(C)=CC(C)=[N+]3[B-](F)(F)n3c(C)cc(C)c32)[C@H](O)C(O)C1O)[C@H](O)[C@@H](C)O. The van der Waals surface area contributed by atoms with Crippen LogP contribution in [0.4, 0.5) is 8.63 Å². The largest absolute Gasteiger partial charge is 0.737 e. The highest BCUT2D eigenvalue weighted by Gasteiger charge is 2.55. The Bertz CT molecular complexity index is 1950. The molecule has 1 aromatic heterocycles. The molecule has 4 rings (SSSR count). The Morgan fingerprint density at radius 1 is 0.747 bits per heavy atom. The van der Waals surface area contributed by atoms with E-state index in [0.29, 0.717) is 53.7 Å². The Morgan fingerprint density at radius 2 is 1.28 bits per heavy atom. The van der Waals surface area contributed by atoms with Crippen molar-refractivity contribution in [3.05, 3.63) is 40.4 Å². The zero-order valence-electron chi connectivity index (χ0n) is 47.1. The van der Waals surface area contributed by atoms with Crippen molar-refractivity contribution < 1.29 is 57.7 Å². The number of amides is 2. The van der Waals surface area contributed by atoms with Gasteiger partial charge in [-0.05, 0) is 76.5 Å². The maximum atomic E-state index is 15.9. The number of fused-ring (bicyclic) bond motifs is 2. The number of thioether (sulfide) groups is 1. The molecule has 0 saturated carbocycles. The number of hydrogen-bond donors (Lipinski definition) is 7. The van der Waals surface area contributed by atoms with Crippen LogP contribution in [0.25, 0.3) is 5.57 Å². The van der Waals surface area contributed by atoms with Gasteiger partial charge in [0, 0.05) is 55.0 Å². The van der Waals surface area contributed by atoms with Gasteiger partial charge in [-0.1, -0.05) is 155 Å². The highest BCUT2D eigenvalue weighted by atomic mass is 32.2. The lowest BCUT2D eigenvalue weighted by Crippen LogP contribution is -2.60. The van der Waals surface area contributed by atoms with Gasteiger partial charge >= 0.3 is 6.97 Å². The lowest BCUT2D eigenvalue weighted by Gasteiger charge is -2.41. The van der Waals surface area contributed by atoms with Crippen LogP contribution in [0.15, 0.2) is 23.4 Å². The summed E-state index contributed by atoms with van der Waals surface area (Å²) in [7, 11) is 0. The van der Waals surface area contributed by atoms with Gasteiger partial charge in [-0.3, -0.25) is 9.59 Å². The maximum absolute atomic E-state index is 15.9. The molecule has 13 nitrogen and oxygen atoms in total. The first-order valence-electron chi connectivity index (χ1n) is 29.6. The van der Waals surface area contributed by atoms with Crippen LogP contribution < -0.4 is 10.6 Å². The molecule has 430 valence electrons. The number of aryl methyl sites for hydroxylation is 2. The average Bonchev–Trinajstić information content (AvgIpc) is 3.87. The number of ether oxygens (including phenoxy) is 2. The number of allylic oxidation sites excluding steroid dienone is 3. The first kappa shape index (κ1) is 64.9. The van der Waals surface area contributed by atoms with Crippen LogP contribution in [-0.2, 0) is 19.1 Å². The Labute approximate surface area is 454 Å². The molecule has 8 atom stereocenters. The summed E-state index contributed by atoms with van der Waals surface area (Å²) in [5.41, 5.74) is 4.28. The van der Waals surface area contributed by atoms with E-state index in [-0.39, 0.29) is 31.3 Å². The van der Waals surface area contributed by atoms with Crippen LogP contribution in [0.1, 0.15) is 231 Å². The van der Waals surface area contributed by atoms with Gasteiger partial charge in [0.2, 0.25) is 11.8 Å². The minimum Gasteiger partial charge on any atom is -0.394 e. The van der Waals surface area contributed by atoms with Crippen molar-refractivity contribution in [3.63, 3.8) is 0 Å². The summed E-state index contributed by atoms with van der Waals surface area (Å²) in [6.45, 7) is 6.86. The number of aliphatic hydroxyl groups excluding tert-OH is 5. The van der Waals surface area contributed by atoms with Crippen LogP contribution >= 0.6 is 11.8 Å². The molecule has 17 heteroatoms. The Balaban J connectivity index is 1.03. The van der Waals surface area contributed by atoms with E-state index in [0.717, 1.165) is 64.2 Å². The molecular formula is C58H101BF2N4O9S. The van der Waals surface area contributed by atoms with E-state index in [1.54, 1.807) is 26.0 Å². The molecule has 4 heterocycles. The fraction of sp³-hybridized carbons (Fsp3) is 0.810. The molecule has 0 bridgehead atoms. The van der Waals surface area contributed by atoms with Crippen LogP contribution in [0.3, 0.4) is 0 Å². The van der Waals surface area contributed by atoms with Crippen LogP contribution in [0, 0.1) is 13.8 Å². The van der Waals surface area contributed by atoms with Gasteiger partial charge < -0.3 is 63.2 Å². The fourth-order valence-electron chi connectivity index (χ4n) is 11.2.